The summed E-state index contributed by atoms with van der Waals surface area (Å²) in [5.41, 5.74) is 1.60. The molecule has 2 bridgehead atoms. The first kappa shape index (κ1) is 19.0. The third-order valence-corrected chi connectivity index (χ3v) is 9.62. The van der Waals surface area contributed by atoms with Crippen molar-refractivity contribution in [3.8, 4) is 5.75 Å². The van der Waals surface area contributed by atoms with Crippen LogP contribution in [0.25, 0.3) is 6.08 Å². The van der Waals surface area contributed by atoms with Gasteiger partial charge in [-0.2, -0.15) is 0 Å². The number of hydrogen-bond donors (Lipinski definition) is 2. The summed E-state index contributed by atoms with van der Waals surface area (Å²) in [4.78, 5) is 29.2. The van der Waals surface area contributed by atoms with Gasteiger partial charge < -0.3 is 20.3 Å². The predicted octanol–water partition coefficient (Wildman–Crippen LogP) is 3.43. The molecule has 5 atom stereocenters. The van der Waals surface area contributed by atoms with Crippen molar-refractivity contribution in [2.75, 3.05) is 11.9 Å². The molecule has 1 aromatic carbocycles. The van der Waals surface area contributed by atoms with E-state index in [9.17, 15) is 9.59 Å². The van der Waals surface area contributed by atoms with Gasteiger partial charge in [0.2, 0.25) is 11.8 Å². The molecule has 6 heteroatoms. The van der Waals surface area contributed by atoms with Crippen LogP contribution >= 0.6 is 0 Å². The van der Waals surface area contributed by atoms with Crippen molar-refractivity contribution in [1.29, 1.82) is 0 Å². The summed E-state index contributed by atoms with van der Waals surface area (Å²) in [5, 5.41) is 7.20. The molecular formula is C26H31N3O3. The molecule has 2 amide bonds. The van der Waals surface area contributed by atoms with Gasteiger partial charge in [0.1, 0.15) is 22.4 Å². The Balaban J connectivity index is 1.37. The molecule has 1 aliphatic carbocycles. The molecule has 2 N–H and O–H groups in total. The normalized spacial score (nSPS) is 41.0. The number of piperidine rings is 2. The molecule has 5 fully saturated rings. The summed E-state index contributed by atoms with van der Waals surface area (Å²) >= 11 is 0. The predicted molar refractivity (Wildman–Crippen MR) is 121 cm³/mol. The Morgan fingerprint density at radius 3 is 2.75 bits per heavy atom. The maximum absolute atomic E-state index is 13.9. The molecule has 32 heavy (non-hydrogen) atoms. The van der Waals surface area contributed by atoms with Gasteiger partial charge in [0.05, 0.1) is 0 Å². The number of ether oxygens (including phenoxy) is 1. The van der Waals surface area contributed by atoms with Crippen LogP contribution in [0, 0.1) is 11.3 Å². The average molecular weight is 434 g/mol. The summed E-state index contributed by atoms with van der Waals surface area (Å²) < 4.78 is 6.23. The number of carbonyl (C=O) groups is 2. The van der Waals surface area contributed by atoms with Gasteiger partial charge >= 0.3 is 0 Å². The maximum atomic E-state index is 13.9. The second-order valence-electron chi connectivity index (χ2n) is 12.0. The molecule has 6 heterocycles. The van der Waals surface area contributed by atoms with Gasteiger partial charge in [-0.1, -0.05) is 19.9 Å². The number of nitrogens with zero attached hydrogens (tertiary/aromatic N) is 1. The van der Waals surface area contributed by atoms with E-state index in [0.29, 0.717) is 6.42 Å². The van der Waals surface area contributed by atoms with Gasteiger partial charge in [0.15, 0.2) is 0 Å². The van der Waals surface area contributed by atoms with E-state index in [4.69, 9.17) is 4.74 Å². The van der Waals surface area contributed by atoms with Gasteiger partial charge in [-0.15, -0.1) is 0 Å². The summed E-state index contributed by atoms with van der Waals surface area (Å²) in [5.74, 6) is 1.44. The van der Waals surface area contributed by atoms with E-state index in [1.54, 1.807) is 0 Å². The van der Waals surface area contributed by atoms with E-state index in [2.05, 4.69) is 62.6 Å². The maximum Gasteiger partial charge on any atom is 0.249 e. The fraction of sp³-hybridized carbons (Fsp3) is 0.615. The highest BCUT2D eigenvalue weighted by Gasteiger charge is 2.74. The first-order chi connectivity index (χ1) is 15.1. The lowest BCUT2D eigenvalue weighted by Gasteiger charge is -2.66. The van der Waals surface area contributed by atoms with Crippen molar-refractivity contribution in [3.63, 3.8) is 0 Å². The Hall–Kier alpha value is -2.50. The number of piperazine rings is 1. The minimum absolute atomic E-state index is 0.0790. The molecule has 0 aromatic heterocycles. The highest BCUT2D eigenvalue weighted by atomic mass is 16.5. The molecule has 6 nitrogen and oxygen atoms in total. The standard InChI is InChI=1S/C26H31N3O3/c1-23(2)10-8-15-17(32-23)7-6-14-16-12-26-18(24(3,4)20(16)27-19(14)15)13-25(21(30)28-26)9-5-11-29(25)22(26)31/h6-8,10,16,18,20,27H,5,9,11-13H2,1-4H3,(H,28,30)/t16-,18+,20+,25-,26+/m1/s1. The van der Waals surface area contributed by atoms with Crippen molar-refractivity contribution < 1.29 is 14.3 Å². The van der Waals surface area contributed by atoms with Gasteiger partial charge in [-0.3, -0.25) is 9.59 Å². The lowest BCUT2D eigenvalue weighted by atomic mass is 9.48. The zero-order chi connectivity index (χ0) is 22.3. The summed E-state index contributed by atoms with van der Waals surface area (Å²) in [6.45, 7) is 9.45. The van der Waals surface area contributed by atoms with Crippen molar-refractivity contribution in [2.45, 2.75) is 82.0 Å². The number of benzene rings is 1. The van der Waals surface area contributed by atoms with Crippen molar-refractivity contribution in [1.82, 2.24) is 10.2 Å². The molecule has 168 valence electrons. The van der Waals surface area contributed by atoms with E-state index in [0.717, 1.165) is 42.8 Å². The molecule has 6 aliphatic heterocycles. The van der Waals surface area contributed by atoms with Crippen molar-refractivity contribution in [2.24, 2.45) is 11.3 Å². The van der Waals surface area contributed by atoms with E-state index < -0.39 is 11.1 Å². The van der Waals surface area contributed by atoms with Gasteiger partial charge in [-0.05, 0) is 68.7 Å². The number of carbonyl (C=O) groups excluding carboxylic acids is 2. The third-order valence-electron chi connectivity index (χ3n) is 9.62. The molecule has 0 radical (unpaired) electrons. The largest absolute Gasteiger partial charge is 0.483 e. The van der Waals surface area contributed by atoms with Crippen LogP contribution in [-0.4, -0.2) is 46.0 Å². The van der Waals surface area contributed by atoms with E-state index >= 15 is 0 Å². The lowest BCUT2D eigenvalue weighted by molar-refractivity contribution is -0.187. The van der Waals surface area contributed by atoms with Crippen LogP contribution in [0.5, 0.6) is 5.75 Å². The summed E-state index contributed by atoms with van der Waals surface area (Å²) in [6.07, 6.45) is 7.45. The number of rotatable bonds is 0. The first-order valence-corrected chi connectivity index (χ1v) is 12.1. The van der Waals surface area contributed by atoms with Crippen LogP contribution in [0.15, 0.2) is 18.2 Å². The SMILES string of the molecule is CC1(C)C=Cc2c(ccc3c2N[C@H]2[C@@H]3C[C@@]34NC(=O)[C@@]5(CCCN5C3=O)C[C@H]4C2(C)C)O1. The van der Waals surface area contributed by atoms with Crippen LogP contribution in [0.2, 0.25) is 0 Å². The highest BCUT2D eigenvalue weighted by molar-refractivity contribution is 6.05. The minimum Gasteiger partial charge on any atom is -0.483 e. The van der Waals surface area contributed by atoms with Crippen LogP contribution in [0.4, 0.5) is 5.69 Å². The number of amides is 2. The molecule has 8 rings (SSSR count). The molecule has 7 aliphatic rings. The quantitative estimate of drug-likeness (QED) is 0.658. The second kappa shape index (κ2) is 5.35. The zero-order valence-corrected chi connectivity index (χ0v) is 19.2. The van der Waals surface area contributed by atoms with Crippen molar-refractivity contribution >= 4 is 23.6 Å². The average Bonchev–Trinajstić information content (AvgIpc) is 3.32. The van der Waals surface area contributed by atoms with E-state index in [1.807, 2.05) is 4.90 Å². The molecule has 2 spiro atoms. The van der Waals surface area contributed by atoms with E-state index in [1.165, 1.54) is 5.56 Å². The Bertz CT molecular complexity index is 1140. The number of nitrogens with one attached hydrogen (secondary N) is 2. The fourth-order valence-electron chi connectivity index (χ4n) is 8.13. The summed E-state index contributed by atoms with van der Waals surface area (Å²) in [7, 11) is 0. The van der Waals surface area contributed by atoms with Gasteiger partial charge in [0.25, 0.3) is 0 Å². The zero-order valence-electron chi connectivity index (χ0n) is 19.2. The Morgan fingerprint density at radius 1 is 1.12 bits per heavy atom. The molecule has 1 aromatic rings. The summed E-state index contributed by atoms with van der Waals surface area (Å²) in [6, 6.07) is 4.47. The topological polar surface area (TPSA) is 70.7 Å². The number of hydrogen-bond acceptors (Lipinski definition) is 4. The van der Waals surface area contributed by atoms with Crippen LogP contribution in [0.3, 0.4) is 0 Å². The van der Waals surface area contributed by atoms with Crippen LogP contribution < -0.4 is 15.4 Å². The number of anilines is 1. The molecule has 0 unspecified atom stereocenters. The van der Waals surface area contributed by atoms with Crippen molar-refractivity contribution in [3.05, 3.63) is 29.3 Å². The van der Waals surface area contributed by atoms with Gasteiger partial charge in [0, 0.05) is 35.7 Å². The third kappa shape index (κ3) is 1.95. The Labute approximate surface area is 188 Å². The highest BCUT2D eigenvalue weighted by Crippen LogP contribution is 2.64. The van der Waals surface area contributed by atoms with Crippen LogP contribution in [0.1, 0.15) is 70.4 Å². The van der Waals surface area contributed by atoms with Gasteiger partial charge in [-0.25, -0.2) is 0 Å². The fourth-order valence-corrected chi connectivity index (χ4v) is 8.13. The molecular weight excluding hydrogens is 402 g/mol. The minimum atomic E-state index is -0.790. The monoisotopic (exact) mass is 433 g/mol. The molecule has 4 saturated heterocycles. The van der Waals surface area contributed by atoms with E-state index in [-0.39, 0.29) is 40.7 Å². The van der Waals surface area contributed by atoms with Crippen LogP contribution in [-0.2, 0) is 9.59 Å². The Morgan fingerprint density at radius 2 is 1.94 bits per heavy atom. The smallest absolute Gasteiger partial charge is 0.249 e. The second-order valence-corrected chi connectivity index (χ2v) is 12.0. The lowest BCUT2D eigenvalue weighted by Crippen LogP contribution is -2.85. The Kier molecular flexibility index (Phi) is 3.18. The first-order valence-electron chi connectivity index (χ1n) is 12.1. The molecule has 1 saturated carbocycles. The number of fused-ring (bicyclic) bond motifs is 6.